The summed E-state index contributed by atoms with van der Waals surface area (Å²) in [5.41, 5.74) is -0.690. The fraction of sp³-hybridized carbons (Fsp3) is 0.769. The second-order valence-corrected chi connectivity index (χ2v) is 13.2. The van der Waals surface area contributed by atoms with Crippen LogP contribution in [0.4, 0.5) is 4.79 Å². The van der Waals surface area contributed by atoms with Crippen LogP contribution >= 0.6 is 11.8 Å². The fourth-order valence-corrected chi connectivity index (χ4v) is 5.21. The van der Waals surface area contributed by atoms with Crippen LogP contribution in [0.15, 0.2) is 17.6 Å². The highest BCUT2D eigenvalue weighted by Crippen LogP contribution is 2.36. The Hall–Kier alpha value is -1.85. The molecule has 37 heavy (non-hydrogen) atoms. The number of hydrogen-bond acceptors (Lipinski definition) is 8. The van der Waals surface area contributed by atoms with Gasteiger partial charge < -0.3 is 24.3 Å². The Bertz CT molecular complexity index is 935. The number of likely N-dealkylation sites (tertiary alicyclic amines) is 1. The molecule has 2 amide bonds. The first-order valence-corrected chi connectivity index (χ1v) is 14.2. The number of alkyl carbamates (subject to hydrolysis) is 1. The summed E-state index contributed by atoms with van der Waals surface area (Å²) in [6, 6.07) is -0.602. The van der Waals surface area contributed by atoms with E-state index in [0.717, 1.165) is 24.7 Å². The largest absolute Gasteiger partial charge is 0.498 e. The molecular weight excluding hydrogens is 491 g/mol. The monoisotopic (exact) mass is 534 g/mol. The molecule has 2 fully saturated rings. The SMILES string of the molecule is CC(C)[C@H](NC(=O)OC(C)(C)C)C(=O)N1CCCC[C@H]1CSc1ncc(B2OC(C)(C)C(C)(C)O2)cn1. The summed E-state index contributed by atoms with van der Waals surface area (Å²) in [4.78, 5) is 36.9. The van der Waals surface area contributed by atoms with Crippen molar-refractivity contribution in [2.75, 3.05) is 12.3 Å². The molecule has 2 saturated heterocycles. The van der Waals surface area contributed by atoms with Crippen molar-refractivity contribution in [2.24, 2.45) is 5.92 Å². The zero-order chi connectivity index (χ0) is 27.6. The Kier molecular flexibility index (Phi) is 9.23. The zero-order valence-electron chi connectivity index (χ0n) is 23.8. The molecule has 11 heteroatoms. The molecule has 0 aliphatic carbocycles. The van der Waals surface area contributed by atoms with Crippen LogP contribution in [0.2, 0.25) is 0 Å². The summed E-state index contributed by atoms with van der Waals surface area (Å²) in [6.45, 7) is 18.0. The van der Waals surface area contributed by atoms with Gasteiger partial charge >= 0.3 is 13.2 Å². The summed E-state index contributed by atoms with van der Waals surface area (Å²) < 4.78 is 17.6. The van der Waals surface area contributed by atoms with Gasteiger partial charge in [0.1, 0.15) is 11.6 Å². The van der Waals surface area contributed by atoms with E-state index in [9.17, 15) is 9.59 Å². The number of carbonyl (C=O) groups excluding carboxylic acids is 2. The van der Waals surface area contributed by atoms with Crippen molar-refractivity contribution in [3.8, 4) is 0 Å². The van der Waals surface area contributed by atoms with Gasteiger partial charge in [-0.3, -0.25) is 4.79 Å². The molecule has 0 bridgehead atoms. The van der Waals surface area contributed by atoms with Crippen molar-refractivity contribution in [3.63, 3.8) is 0 Å². The molecule has 0 aromatic carbocycles. The van der Waals surface area contributed by atoms with Crippen molar-refractivity contribution in [3.05, 3.63) is 12.4 Å². The van der Waals surface area contributed by atoms with Gasteiger partial charge in [0.05, 0.1) is 11.2 Å². The maximum atomic E-state index is 13.5. The quantitative estimate of drug-likeness (QED) is 0.320. The van der Waals surface area contributed by atoms with E-state index >= 15 is 0 Å². The zero-order valence-corrected chi connectivity index (χ0v) is 24.6. The lowest BCUT2D eigenvalue weighted by atomic mass is 9.81. The summed E-state index contributed by atoms with van der Waals surface area (Å²) in [5.74, 6) is 0.544. The highest BCUT2D eigenvalue weighted by Gasteiger charge is 2.52. The van der Waals surface area contributed by atoms with Crippen LogP contribution < -0.4 is 10.8 Å². The predicted molar refractivity (Wildman–Crippen MR) is 146 cm³/mol. The number of ether oxygens (including phenoxy) is 1. The van der Waals surface area contributed by atoms with Crippen molar-refractivity contribution in [1.82, 2.24) is 20.2 Å². The maximum Gasteiger partial charge on any atom is 0.498 e. The lowest BCUT2D eigenvalue weighted by molar-refractivity contribution is -0.137. The second kappa shape index (κ2) is 11.5. The molecule has 1 N–H and O–H groups in total. The first kappa shape index (κ1) is 29.7. The summed E-state index contributed by atoms with van der Waals surface area (Å²) in [7, 11) is -0.499. The number of aromatic nitrogens is 2. The molecule has 0 spiro atoms. The Labute approximate surface area is 226 Å². The molecule has 9 nitrogen and oxygen atoms in total. The van der Waals surface area contributed by atoms with Gasteiger partial charge in [-0.2, -0.15) is 0 Å². The van der Waals surface area contributed by atoms with Crippen LogP contribution in [0.25, 0.3) is 0 Å². The third kappa shape index (κ3) is 7.60. The molecule has 0 unspecified atom stereocenters. The molecule has 0 radical (unpaired) electrons. The molecule has 206 valence electrons. The van der Waals surface area contributed by atoms with Gasteiger partial charge in [0.15, 0.2) is 5.16 Å². The van der Waals surface area contributed by atoms with E-state index in [4.69, 9.17) is 14.0 Å². The highest BCUT2D eigenvalue weighted by molar-refractivity contribution is 7.99. The lowest BCUT2D eigenvalue weighted by Gasteiger charge is -2.38. The highest BCUT2D eigenvalue weighted by atomic mass is 32.2. The predicted octanol–water partition coefficient (Wildman–Crippen LogP) is 3.80. The Morgan fingerprint density at radius 1 is 1.16 bits per heavy atom. The molecule has 2 aliphatic rings. The molecule has 2 atom stereocenters. The molecule has 2 aliphatic heterocycles. The smallest absolute Gasteiger partial charge is 0.444 e. The van der Waals surface area contributed by atoms with E-state index in [0.29, 0.717) is 17.5 Å². The van der Waals surface area contributed by atoms with Gasteiger partial charge in [0.2, 0.25) is 5.91 Å². The minimum absolute atomic E-state index is 0.0410. The van der Waals surface area contributed by atoms with Crippen LogP contribution in [0.5, 0.6) is 0 Å². The maximum absolute atomic E-state index is 13.5. The first-order chi connectivity index (χ1) is 17.1. The second-order valence-electron chi connectivity index (χ2n) is 12.2. The molecule has 0 saturated carbocycles. The number of hydrogen-bond donors (Lipinski definition) is 1. The van der Waals surface area contributed by atoms with Crippen LogP contribution in [0.1, 0.15) is 81.6 Å². The van der Waals surface area contributed by atoms with Crippen LogP contribution in [0, 0.1) is 5.92 Å². The number of nitrogens with zero attached hydrogens (tertiary/aromatic N) is 3. The van der Waals surface area contributed by atoms with Crippen molar-refractivity contribution in [2.45, 2.75) is 116 Å². The average molecular weight is 535 g/mol. The summed E-state index contributed by atoms with van der Waals surface area (Å²) in [5, 5.41) is 3.45. The van der Waals surface area contributed by atoms with Gasteiger partial charge in [-0.1, -0.05) is 25.6 Å². The van der Waals surface area contributed by atoms with Gasteiger partial charge in [-0.25, -0.2) is 14.8 Å². The van der Waals surface area contributed by atoms with Crippen LogP contribution in [-0.2, 0) is 18.8 Å². The topological polar surface area (TPSA) is 103 Å². The summed E-state index contributed by atoms with van der Waals surface area (Å²) in [6.07, 6.45) is 5.84. The van der Waals surface area contributed by atoms with Gasteiger partial charge in [0, 0.05) is 36.2 Å². The molecule has 3 heterocycles. The first-order valence-electron chi connectivity index (χ1n) is 13.2. The van der Waals surface area contributed by atoms with E-state index in [2.05, 4.69) is 15.3 Å². The third-order valence-corrected chi connectivity index (χ3v) is 8.11. The molecule has 3 rings (SSSR count). The van der Waals surface area contributed by atoms with Gasteiger partial charge in [-0.15, -0.1) is 0 Å². The number of piperidine rings is 1. The van der Waals surface area contributed by atoms with Gasteiger partial charge in [-0.05, 0) is 73.6 Å². The van der Waals surface area contributed by atoms with E-state index in [1.54, 1.807) is 33.2 Å². The normalized spacial score (nSPS) is 22.2. The molecular formula is C26H43BN4O5S. The number of rotatable bonds is 7. The standard InChI is InChI=1S/C26H43BN4O5S/c1-17(2)20(30-23(33)34-24(3,4)5)21(32)31-13-11-10-12-19(31)16-37-22-28-14-18(15-29-22)27-35-25(6,7)26(8,9)36-27/h14-15,17,19-20H,10-13,16H2,1-9H3,(H,30,33)/t19-,20-/m0/s1. The minimum atomic E-state index is -0.643. The van der Waals surface area contributed by atoms with E-state index in [1.807, 2.05) is 46.4 Å². The van der Waals surface area contributed by atoms with Gasteiger partial charge in [0.25, 0.3) is 0 Å². The van der Waals surface area contributed by atoms with Crippen molar-refractivity contribution in [1.29, 1.82) is 0 Å². The Morgan fingerprint density at radius 2 is 1.76 bits per heavy atom. The number of nitrogens with one attached hydrogen (secondary N) is 1. The lowest BCUT2D eigenvalue weighted by Crippen LogP contribution is -2.56. The number of amides is 2. The fourth-order valence-electron chi connectivity index (χ4n) is 4.26. The van der Waals surface area contributed by atoms with Crippen molar-refractivity contribution < 1.29 is 23.6 Å². The Morgan fingerprint density at radius 3 is 2.30 bits per heavy atom. The average Bonchev–Trinajstić information content (AvgIpc) is 3.01. The van der Waals surface area contributed by atoms with E-state index < -0.39 is 36.1 Å². The van der Waals surface area contributed by atoms with E-state index in [-0.39, 0.29) is 17.9 Å². The van der Waals surface area contributed by atoms with Crippen LogP contribution in [-0.4, -0.2) is 75.2 Å². The third-order valence-electron chi connectivity index (χ3n) is 7.09. The molecule has 1 aromatic heterocycles. The molecule has 1 aromatic rings. The Balaban J connectivity index is 1.62. The minimum Gasteiger partial charge on any atom is -0.444 e. The number of carbonyl (C=O) groups is 2. The van der Waals surface area contributed by atoms with Crippen LogP contribution in [0.3, 0.4) is 0 Å². The van der Waals surface area contributed by atoms with Crippen molar-refractivity contribution >= 4 is 36.3 Å². The van der Waals surface area contributed by atoms with E-state index in [1.165, 1.54) is 11.8 Å². The number of thioether (sulfide) groups is 1. The summed E-state index contributed by atoms with van der Waals surface area (Å²) >= 11 is 1.53.